The van der Waals surface area contributed by atoms with E-state index in [1.807, 2.05) is 68.6 Å². The van der Waals surface area contributed by atoms with E-state index in [-0.39, 0.29) is 17.6 Å². The van der Waals surface area contributed by atoms with Crippen LogP contribution in [0.5, 0.6) is 0 Å². The summed E-state index contributed by atoms with van der Waals surface area (Å²) in [7, 11) is 3.76. The van der Waals surface area contributed by atoms with Crippen molar-refractivity contribution in [3.63, 3.8) is 0 Å². The van der Waals surface area contributed by atoms with Gasteiger partial charge in [-0.1, -0.05) is 38.6 Å². The zero-order valence-corrected chi connectivity index (χ0v) is 23.7. The second kappa shape index (κ2) is 13.9. The molecule has 0 saturated heterocycles. The van der Waals surface area contributed by atoms with Crippen molar-refractivity contribution in [2.24, 2.45) is 10.9 Å². The Morgan fingerprint density at radius 3 is 2.69 bits per heavy atom. The molecule has 212 valence electrons. The van der Waals surface area contributed by atoms with Crippen molar-refractivity contribution in [2.75, 3.05) is 38.6 Å². The number of aliphatic imine (C=N–C) groups is 1. The van der Waals surface area contributed by atoms with Gasteiger partial charge in [-0.15, -0.1) is 11.3 Å². The molecule has 3 rings (SSSR count). The summed E-state index contributed by atoms with van der Waals surface area (Å²) in [6, 6.07) is 11.6. The van der Waals surface area contributed by atoms with E-state index in [0.29, 0.717) is 31.1 Å². The van der Waals surface area contributed by atoms with Crippen molar-refractivity contribution in [3.8, 4) is 0 Å². The predicted octanol–water partition coefficient (Wildman–Crippen LogP) is 6.34. The number of likely N-dealkylation sites (N-methyl/N-ethyl adjacent to an activating group) is 1. The Labute approximate surface area is 232 Å². The van der Waals surface area contributed by atoms with Gasteiger partial charge in [0.2, 0.25) is 0 Å². The molecule has 2 atom stereocenters. The number of hydrogen-bond acceptors (Lipinski definition) is 6. The summed E-state index contributed by atoms with van der Waals surface area (Å²) in [5.74, 6) is -0.442. The van der Waals surface area contributed by atoms with Crippen LogP contribution in [0.1, 0.15) is 43.2 Å². The monoisotopic (exact) mass is 562 g/mol. The summed E-state index contributed by atoms with van der Waals surface area (Å²) in [6.07, 6.45) is -2.16. The molecule has 0 bridgehead atoms. The number of halogens is 3. The fourth-order valence-electron chi connectivity index (χ4n) is 4.42. The molecule has 0 spiro atoms. The highest BCUT2D eigenvalue weighted by atomic mass is 32.1. The van der Waals surface area contributed by atoms with Gasteiger partial charge in [0.05, 0.1) is 18.3 Å². The van der Waals surface area contributed by atoms with Crippen LogP contribution in [-0.2, 0) is 16.1 Å². The third kappa shape index (κ3) is 8.03. The van der Waals surface area contributed by atoms with Crippen molar-refractivity contribution >= 4 is 29.1 Å². The fourth-order valence-corrected chi connectivity index (χ4v) is 5.23. The van der Waals surface area contributed by atoms with Crippen molar-refractivity contribution in [1.82, 2.24) is 10.2 Å². The molecule has 1 amide bonds. The number of nitrogens with one attached hydrogen (secondary N) is 1. The van der Waals surface area contributed by atoms with E-state index in [2.05, 4.69) is 23.0 Å². The highest BCUT2D eigenvalue weighted by Crippen LogP contribution is 2.31. The second-order valence-corrected chi connectivity index (χ2v) is 10.5. The van der Waals surface area contributed by atoms with Crippen LogP contribution < -0.4 is 10.2 Å². The van der Waals surface area contributed by atoms with E-state index in [1.165, 1.54) is 0 Å². The number of carbonyl (C=O) groups is 1. The van der Waals surface area contributed by atoms with E-state index in [4.69, 9.17) is 4.74 Å². The number of allylic oxidation sites excluding steroid dienone is 2. The van der Waals surface area contributed by atoms with E-state index in [9.17, 15) is 18.0 Å². The molecule has 1 aromatic heterocycles. The second-order valence-electron chi connectivity index (χ2n) is 9.57. The highest BCUT2D eigenvalue weighted by Gasteiger charge is 2.33. The number of carbonyl (C=O) groups excluding carboxylic acids is 1. The van der Waals surface area contributed by atoms with E-state index >= 15 is 0 Å². The first-order chi connectivity index (χ1) is 18.6. The Bertz CT molecular complexity index is 1180. The number of hydrogen-bond donors (Lipinski definition) is 1. The van der Waals surface area contributed by atoms with Gasteiger partial charge in [0.25, 0.3) is 5.91 Å². The van der Waals surface area contributed by atoms with E-state index in [0.717, 1.165) is 36.0 Å². The molecule has 0 saturated carbocycles. The molecule has 2 heterocycles. The Kier molecular flexibility index (Phi) is 10.9. The lowest BCUT2D eigenvalue weighted by Gasteiger charge is -2.26. The van der Waals surface area contributed by atoms with Crippen molar-refractivity contribution < 1.29 is 22.7 Å². The first-order valence-electron chi connectivity index (χ1n) is 13.0. The number of rotatable bonds is 12. The van der Waals surface area contributed by atoms with Gasteiger partial charge in [-0.3, -0.25) is 9.79 Å². The van der Waals surface area contributed by atoms with Crippen molar-refractivity contribution in [1.29, 1.82) is 0 Å². The lowest BCUT2D eigenvalue weighted by atomic mass is 9.98. The van der Waals surface area contributed by atoms with Gasteiger partial charge in [-0.25, -0.2) is 0 Å². The quantitative estimate of drug-likeness (QED) is 0.307. The lowest BCUT2D eigenvalue weighted by Crippen LogP contribution is -2.34. The molecule has 0 fully saturated rings. The zero-order valence-electron chi connectivity index (χ0n) is 22.9. The molecule has 0 radical (unpaired) electrons. The fraction of sp³-hybridized carbons (Fsp3) is 0.448. The van der Waals surface area contributed by atoms with Gasteiger partial charge in [0, 0.05) is 42.6 Å². The number of alkyl halides is 3. The first kappa shape index (κ1) is 30.6. The third-order valence-electron chi connectivity index (χ3n) is 6.77. The number of ether oxygens (including phenoxy) is 1. The van der Waals surface area contributed by atoms with Gasteiger partial charge in [0.15, 0.2) is 0 Å². The highest BCUT2D eigenvalue weighted by molar-refractivity contribution is 7.10. The molecular weight excluding hydrogens is 525 g/mol. The number of benzene rings is 1. The molecule has 1 aliphatic heterocycles. The zero-order chi connectivity index (χ0) is 28.6. The number of anilines is 1. The van der Waals surface area contributed by atoms with E-state index < -0.39 is 17.8 Å². The summed E-state index contributed by atoms with van der Waals surface area (Å²) >= 11 is 1.65. The van der Waals surface area contributed by atoms with Crippen LogP contribution in [-0.4, -0.2) is 56.9 Å². The molecule has 39 heavy (non-hydrogen) atoms. The number of thiophene rings is 1. The van der Waals surface area contributed by atoms with Crippen LogP contribution >= 0.6 is 11.3 Å². The third-order valence-corrected chi connectivity index (χ3v) is 7.73. The average molecular weight is 563 g/mol. The summed E-state index contributed by atoms with van der Waals surface area (Å²) in [4.78, 5) is 22.1. The Balaban J connectivity index is 1.89. The van der Waals surface area contributed by atoms with Gasteiger partial charge in [-0.05, 0) is 61.5 Å². The molecule has 6 nitrogen and oxygen atoms in total. The van der Waals surface area contributed by atoms with E-state index in [1.54, 1.807) is 16.2 Å². The topological polar surface area (TPSA) is 57.2 Å². The molecule has 2 unspecified atom stereocenters. The van der Waals surface area contributed by atoms with Crippen LogP contribution in [0.3, 0.4) is 0 Å². The summed E-state index contributed by atoms with van der Waals surface area (Å²) in [5.41, 5.74) is 1.12. The van der Waals surface area contributed by atoms with Gasteiger partial charge in [0.1, 0.15) is 5.70 Å². The molecule has 1 aliphatic rings. The maximum Gasteiger partial charge on any atom is 0.432 e. The summed E-state index contributed by atoms with van der Waals surface area (Å²) in [6.45, 7) is 9.03. The maximum atomic E-state index is 13.8. The van der Waals surface area contributed by atoms with Crippen molar-refractivity contribution in [3.05, 3.63) is 75.8 Å². The van der Waals surface area contributed by atoms with Crippen LogP contribution in [0.25, 0.3) is 0 Å². The predicted molar refractivity (Wildman–Crippen MR) is 152 cm³/mol. The minimum Gasteiger partial charge on any atom is -0.375 e. The average Bonchev–Trinajstić information content (AvgIpc) is 3.41. The first-order valence-corrected chi connectivity index (χ1v) is 13.9. The minimum absolute atomic E-state index is 0.0500. The smallest absolute Gasteiger partial charge is 0.375 e. The normalized spacial score (nSPS) is 16.6. The van der Waals surface area contributed by atoms with Crippen LogP contribution in [0.4, 0.5) is 18.9 Å². The minimum atomic E-state index is -4.67. The van der Waals surface area contributed by atoms with Crippen LogP contribution in [0.2, 0.25) is 0 Å². The number of nitrogens with zero attached hydrogens (tertiary/aromatic N) is 3. The summed E-state index contributed by atoms with van der Waals surface area (Å²) < 4.78 is 45.6. The van der Waals surface area contributed by atoms with Gasteiger partial charge >= 0.3 is 6.18 Å². The summed E-state index contributed by atoms with van der Waals surface area (Å²) in [5, 5.41) is 5.19. The van der Waals surface area contributed by atoms with Crippen LogP contribution in [0, 0.1) is 5.92 Å². The number of amides is 1. The van der Waals surface area contributed by atoms with Gasteiger partial charge < -0.3 is 19.9 Å². The van der Waals surface area contributed by atoms with Crippen LogP contribution in [0.15, 0.2) is 70.3 Å². The molecule has 1 N–H and O–H groups in total. The molecule has 10 heteroatoms. The standard InChI is InChI=1S/C29H37F3N4O2S/c1-6-20(2)27-24(18-34-21(3)29(30,31)32)28(37)36(15-14-35(27)5)23-10-7-9-22(17-23)19-38-25(12-13-33-4)26-11-8-16-39-26/h7-11,16-18,20,25,33H,3,6,12-15,19H2,1-2,4-5H3/b34-18-. The lowest BCUT2D eigenvalue weighted by molar-refractivity contribution is -0.114. The molecule has 0 aliphatic carbocycles. The molecule has 1 aromatic carbocycles. The maximum absolute atomic E-state index is 13.8. The SMILES string of the molecule is C=C(/N=C\C1=C(C(C)CC)N(C)CCN(c2cccc(COC(CCNC)c3cccs3)c2)C1=O)C(F)(F)F. The van der Waals surface area contributed by atoms with Gasteiger partial charge in [-0.2, -0.15) is 13.2 Å². The molecular formula is C29H37F3N4O2S. The van der Waals surface area contributed by atoms with Crippen molar-refractivity contribution in [2.45, 2.75) is 45.6 Å². The Hall–Kier alpha value is -2.95. The Morgan fingerprint density at radius 2 is 2.05 bits per heavy atom. The molecule has 2 aromatic rings. The largest absolute Gasteiger partial charge is 0.432 e. The Morgan fingerprint density at radius 1 is 1.28 bits per heavy atom.